The first kappa shape index (κ1) is 21.2. The van der Waals surface area contributed by atoms with Gasteiger partial charge >= 0.3 is 0 Å². The standard InChI is InChI=1S/C24H27N3O3S/c1-15-5-4-6-17(13-15)22-21(26-24(25)31-22)23(28)27(18-8-9-18)12-11-16-7-10-19(29-2)20(14-16)30-3/h4-7,10,13-14,18H,8-9,11-12H2,1-3H3,(H2,25,26). The zero-order chi connectivity index (χ0) is 22.0. The molecule has 2 aromatic carbocycles. The average Bonchev–Trinajstić information content (AvgIpc) is 3.53. The molecule has 1 saturated carbocycles. The molecule has 1 aliphatic carbocycles. The lowest BCUT2D eigenvalue weighted by Crippen LogP contribution is -2.35. The number of nitrogens with two attached hydrogens (primary N) is 1. The number of carbonyl (C=O) groups is 1. The second-order valence-corrected chi connectivity index (χ2v) is 8.80. The van der Waals surface area contributed by atoms with Gasteiger partial charge in [0.25, 0.3) is 5.91 Å². The summed E-state index contributed by atoms with van der Waals surface area (Å²) in [5.41, 5.74) is 9.68. The van der Waals surface area contributed by atoms with Crippen molar-refractivity contribution in [3.05, 3.63) is 59.3 Å². The fraction of sp³-hybridized carbons (Fsp3) is 0.333. The number of ether oxygens (including phenoxy) is 2. The monoisotopic (exact) mass is 437 g/mol. The number of hydrogen-bond donors (Lipinski definition) is 1. The number of nitrogen functional groups attached to an aromatic ring is 1. The molecule has 3 aromatic rings. The van der Waals surface area contributed by atoms with Crippen LogP contribution in [0.5, 0.6) is 11.5 Å². The molecule has 1 amide bonds. The van der Waals surface area contributed by atoms with Crippen molar-refractivity contribution in [3.8, 4) is 21.9 Å². The summed E-state index contributed by atoms with van der Waals surface area (Å²) in [4.78, 5) is 20.7. The third-order valence-corrected chi connectivity index (χ3v) is 6.40. The fourth-order valence-electron chi connectivity index (χ4n) is 3.72. The molecule has 0 spiro atoms. The Bertz CT molecular complexity index is 1090. The van der Waals surface area contributed by atoms with E-state index in [1.165, 1.54) is 11.3 Å². The number of benzene rings is 2. The molecule has 4 rings (SSSR count). The Morgan fingerprint density at radius 3 is 2.61 bits per heavy atom. The molecule has 0 saturated heterocycles. The lowest BCUT2D eigenvalue weighted by molar-refractivity contribution is 0.0741. The van der Waals surface area contributed by atoms with Gasteiger partial charge in [0.1, 0.15) is 5.69 Å². The van der Waals surface area contributed by atoms with Gasteiger partial charge < -0.3 is 20.1 Å². The Morgan fingerprint density at radius 2 is 1.94 bits per heavy atom. The molecule has 0 bridgehead atoms. The van der Waals surface area contributed by atoms with Gasteiger partial charge in [0.05, 0.1) is 19.1 Å². The Labute approximate surface area is 186 Å². The van der Waals surface area contributed by atoms with E-state index in [0.717, 1.165) is 40.8 Å². The third-order valence-electron chi connectivity index (χ3n) is 5.46. The van der Waals surface area contributed by atoms with Crippen LogP contribution in [0.15, 0.2) is 42.5 Å². The summed E-state index contributed by atoms with van der Waals surface area (Å²) >= 11 is 1.37. The Hall–Kier alpha value is -3.06. The highest BCUT2D eigenvalue weighted by Crippen LogP contribution is 2.36. The molecule has 1 aromatic heterocycles. The summed E-state index contributed by atoms with van der Waals surface area (Å²) in [5.74, 6) is 1.34. The molecule has 162 valence electrons. The van der Waals surface area contributed by atoms with E-state index in [-0.39, 0.29) is 11.9 Å². The van der Waals surface area contributed by atoms with Crippen LogP contribution in [0.1, 0.15) is 34.5 Å². The first-order chi connectivity index (χ1) is 15.0. The number of aromatic nitrogens is 1. The summed E-state index contributed by atoms with van der Waals surface area (Å²) in [7, 11) is 3.25. The molecule has 31 heavy (non-hydrogen) atoms. The number of methoxy groups -OCH3 is 2. The van der Waals surface area contributed by atoms with Crippen molar-refractivity contribution < 1.29 is 14.3 Å². The Balaban J connectivity index is 1.57. The second-order valence-electron chi connectivity index (χ2n) is 7.77. The Kier molecular flexibility index (Phi) is 6.13. The van der Waals surface area contributed by atoms with Gasteiger partial charge in [-0.15, -0.1) is 0 Å². The lowest BCUT2D eigenvalue weighted by Gasteiger charge is -2.22. The lowest BCUT2D eigenvalue weighted by atomic mass is 10.1. The van der Waals surface area contributed by atoms with E-state index < -0.39 is 0 Å². The van der Waals surface area contributed by atoms with E-state index in [0.29, 0.717) is 28.9 Å². The number of aryl methyl sites for hydroxylation is 1. The zero-order valence-electron chi connectivity index (χ0n) is 18.1. The van der Waals surface area contributed by atoms with Crippen molar-refractivity contribution in [2.75, 3.05) is 26.5 Å². The largest absolute Gasteiger partial charge is 0.493 e. The molecule has 0 radical (unpaired) electrons. The van der Waals surface area contributed by atoms with Crippen LogP contribution in [0.25, 0.3) is 10.4 Å². The zero-order valence-corrected chi connectivity index (χ0v) is 18.9. The van der Waals surface area contributed by atoms with Gasteiger partial charge in [-0.25, -0.2) is 4.98 Å². The van der Waals surface area contributed by atoms with Crippen LogP contribution < -0.4 is 15.2 Å². The highest BCUT2D eigenvalue weighted by Gasteiger charge is 2.35. The third kappa shape index (κ3) is 4.66. The van der Waals surface area contributed by atoms with E-state index >= 15 is 0 Å². The average molecular weight is 438 g/mol. The first-order valence-corrected chi connectivity index (χ1v) is 11.2. The number of nitrogens with zero attached hydrogens (tertiary/aromatic N) is 2. The van der Waals surface area contributed by atoms with Gasteiger partial charge in [0.2, 0.25) is 0 Å². The van der Waals surface area contributed by atoms with Gasteiger partial charge in [0.15, 0.2) is 16.6 Å². The van der Waals surface area contributed by atoms with Gasteiger partial charge in [-0.2, -0.15) is 0 Å². The number of hydrogen-bond acceptors (Lipinski definition) is 6. The van der Waals surface area contributed by atoms with E-state index in [2.05, 4.69) is 11.1 Å². The summed E-state index contributed by atoms with van der Waals surface area (Å²) in [6.07, 6.45) is 2.77. The van der Waals surface area contributed by atoms with Crippen LogP contribution in [-0.2, 0) is 6.42 Å². The number of anilines is 1. The van der Waals surface area contributed by atoms with Gasteiger partial charge in [-0.05, 0) is 49.4 Å². The normalized spacial score (nSPS) is 13.1. The van der Waals surface area contributed by atoms with Crippen molar-refractivity contribution in [1.82, 2.24) is 9.88 Å². The number of thiazole rings is 1. The minimum Gasteiger partial charge on any atom is -0.493 e. The summed E-state index contributed by atoms with van der Waals surface area (Å²) in [6.45, 7) is 2.65. The number of amides is 1. The molecule has 0 atom stereocenters. The van der Waals surface area contributed by atoms with Gasteiger partial charge in [0, 0.05) is 12.6 Å². The molecule has 1 fully saturated rings. The number of carbonyl (C=O) groups excluding carboxylic acids is 1. The predicted octanol–water partition coefficient (Wildman–Crippen LogP) is 4.57. The van der Waals surface area contributed by atoms with E-state index in [9.17, 15) is 4.79 Å². The summed E-state index contributed by atoms with van der Waals surface area (Å²) in [5, 5.41) is 0.412. The van der Waals surface area contributed by atoms with Crippen LogP contribution in [0.4, 0.5) is 5.13 Å². The van der Waals surface area contributed by atoms with E-state index in [1.54, 1.807) is 14.2 Å². The topological polar surface area (TPSA) is 77.7 Å². The summed E-state index contributed by atoms with van der Waals surface area (Å²) in [6, 6.07) is 14.2. The van der Waals surface area contributed by atoms with E-state index in [4.69, 9.17) is 15.2 Å². The van der Waals surface area contributed by atoms with Crippen LogP contribution in [0.3, 0.4) is 0 Å². The van der Waals surface area contributed by atoms with Crippen molar-refractivity contribution >= 4 is 22.4 Å². The van der Waals surface area contributed by atoms with Gasteiger partial charge in [-0.3, -0.25) is 4.79 Å². The maximum absolute atomic E-state index is 13.5. The minimum atomic E-state index is -0.0487. The predicted molar refractivity (Wildman–Crippen MR) is 124 cm³/mol. The first-order valence-electron chi connectivity index (χ1n) is 10.4. The maximum Gasteiger partial charge on any atom is 0.274 e. The maximum atomic E-state index is 13.5. The van der Waals surface area contributed by atoms with Crippen molar-refractivity contribution in [1.29, 1.82) is 0 Å². The van der Waals surface area contributed by atoms with Crippen molar-refractivity contribution in [2.45, 2.75) is 32.2 Å². The second kappa shape index (κ2) is 8.98. The molecule has 0 unspecified atom stereocenters. The molecule has 1 heterocycles. The Morgan fingerprint density at radius 1 is 1.16 bits per heavy atom. The van der Waals surface area contributed by atoms with Crippen molar-refractivity contribution in [3.63, 3.8) is 0 Å². The molecular weight excluding hydrogens is 410 g/mol. The van der Waals surface area contributed by atoms with E-state index in [1.807, 2.05) is 48.2 Å². The number of rotatable bonds is 8. The SMILES string of the molecule is COc1ccc(CCN(C(=O)c2nc(N)sc2-c2cccc(C)c2)C2CC2)cc1OC. The van der Waals surface area contributed by atoms with Crippen molar-refractivity contribution in [2.24, 2.45) is 0 Å². The molecular formula is C24H27N3O3S. The smallest absolute Gasteiger partial charge is 0.274 e. The highest BCUT2D eigenvalue weighted by atomic mass is 32.1. The van der Waals surface area contributed by atoms with Gasteiger partial charge in [-0.1, -0.05) is 47.2 Å². The minimum absolute atomic E-state index is 0.0487. The summed E-state index contributed by atoms with van der Waals surface area (Å²) < 4.78 is 10.7. The van der Waals surface area contributed by atoms with Crippen LogP contribution in [0.2, 0.25) is 0 Å². The van der Waals surface area contributed by atoms with Crippen LogP contribution in [0, 0.1) is 6.92 Å². The molecule has 7 heteroatoms. The molecule has 2 N–H and O–H groups in total. The molecule has 6 nitrogen and oxygen atoms in total. The fourth-order valence-corrected chi connectivity index (χ4v) is 4.54. The van der Waals surface area contributed by atoms with Crippen LogP contribution in [-0.4, -0.2) is 42.6 Å². The molecule has 0 aliphatic heterocycles. The molecule has 1 aliphatic rings. The highest BCUT2D eigenvalue weighted by molar-refractivity contribution is 7.19. The quantitative estimate of drug-likeness (QED) is 0.559. The van der Waals surface area contributed by atoms with Crippen LogP contribution >= 0.6 is 11.3 Å².